The van der Waals surface area contributed by atoms with Crippen LogP contribution < -0.4 is 10.1 Å². The number of ether oxygens (including phenoxy) is 1. The minimum atomic E-state index is 0.587. The Morgan fingerprint density at radius 2 is 2.28 bits per heavy atom. The van der Waals surface area contributed by atoms with Gasteiger partial charge in [-0.1, -0.05) is 15.9 Å². The Bertz CT molecular complexity index is 449. The lowest BCUT2D eigenvalue weighted by molar-refractivity contribution is 0.397. The van der Waals surface area contributed by atoms with E-state index in [1.165, 1.54) is 12.8 Å². The van der Waals surface area contributed by atoms with Gasteiger partial charge in [0, 0.05) is 29.7 Å². The molecule has 0 amide bonds. The topological polar surface area (TPSA) is 24.5 Å². The first-order chi connectivity index (χ1) is 8.60. The van der Waals surface area contributed by atoms with Gasteiger partial charge in [0.05, 0.1) is 7.11 Å². The molecule has 0 radical (unpaired) electrons. The number of hydrogen-bond donors (Lipinski definition) is 1. The van der Waals surface area contributed by atoms with E-state index in [1.54, 1.807) is 7.11 Å². The van der Waals surface area contributed by atoms with Crippen LogP contribution in [0.5, 0.6) is 5.75 Å². The van der Waals surface area contributed by atoms with Crippen LogP contribution in [0.25, 0.3) is 0 Å². The average molecular weight is 329 g/mol. The Morgan fingerprint density at radius 3 is 2.89 bits per heavy atom. The van der Waals surface area contributed by atoms with Crippen molar-refractivity contribution in [2.45, 2.75) is 25.4 Å². The second-order valence-electron chi connectivity index (χ2n) is 4.54. The molecule has 98 valence electrons. The normalized spacial score (nSPS) is 14.2. The van der Waals surface area contributed by atoms with Crippen molar-refractivity contribution in [3.63, 3.8) is 0 Å². The summed E-state index contributed by atoms with van der Waals surface area (Å²) in [7, 11) is 3.69. The molecule has 0 aliphatic heterocycles. The molecule has 2 rings (SSSR count). The van der Waals surface area contributed by atoms with Crippen molar-refractivity contribution in [3.05, 3.63) is 28.2 Å². The van der Waals surface area contributed by atoms with Crippen LogP contribution in [0.3, 0.4) is 0 Å². The number of benzene rings is 1. The van der Waals surface area contributed by atoms with Crippen molar-refractivity contribution in [3.8, 4) is 5.75 Å². The minimum absolute atomic E-state index is 0.587. The van der Waals surface area contributed by atoms with E-state index in [-0.39, 0.29) is 0 Å². The highest BCUT2D eigenvalue weighted by Gasteiger charge is 2.23. The highest BCUT2D eigenvalue weighted by atomic mass is 79.9. The second-order valence-corrected chi connectivity index (χ2v) is 5.84. The first-order valence-electron chi connectivity index (χ1n) is 5.94. The molecule has 0 spiro atoms. The zero-order chi connectivity index (χ0) is 13.1. The predicted molar refractivity (Wildman–Crippen MR) is 80.9 cm³/mol. The lowest BCUT2D eigenvalue weighted by Gasteiger charge is -2.22. The van der Waals surface area contributed by atoms with E-state index in [9.17, 15) is 0 Å². The Hall–Kier alpha value is -0.810. The smallest absolute Gasteiger partial charge is 0.169 e. The molecule has 0 aromatic heterocycles. The second kappa shape index (κ2) is 5.89. The third kappa shape index (κ3) is 3.59. The van der Waals surface area contributed by atoms with Crippen molar-refractivity contribution in [2.24, 2.45) is 0 Å². The van der Waals surface area contributed by atoms with Gasteiger partial charge < -0.3 is 15.0 Å². The molecular formula is C13H17BrN2OS. The first-order valence-corrected chi connectivity index (χ1v) is 7.14. The summed E-state index contributed by atoms with van der Waals surface area (Å²) >= 11 is 8.85. The number of thiocarbonyl (C=S) groups is 1. The molecule has 1 N–H and O–H groups in total. The molecule has 1 aliphatic carbocycles. The maximum absolute atomic E-state index is 5.37. The molecule has 18 heavy (non-hydrogen) atoms. The average Bonchev–Trinajstić information content (AvgIpc) is 3.13. The van der Waals surface area contributed by atoms with Crippen LogP contribution in [0.2, 0.25) is 0 Å². The van der Waals surface area contributed by atoms with Crippen molar-refractivity contribution >= 4 is 33.3 Å². The Labute approximate surface area is 122 Å². The first kappa shape index (κ1) is 13.6. The highest BCUT2D eigenvalue weighted by molar-refractivity contribution is 9.10. The minimum Gasteiger partial charge on any atom is -0.496 e. The molecule has 0 saturated heterocycles. The molecule has 0 atom stereocenters. The lowest BCUT2D eigenvalue weighted by atomic mass is 10.2. The van der Waals surface area contributed by atoms with Gasteiger partial charge >= 0.3 is 0 Å². The van der Waals surface area contributed by atoms with Crippen LogP contribution in [0, 0.1) is 0 Å². The van der Waals surface area contributed by atoms with E-state index in [4.69, 9.17) is 17.0 Å². The fraction of sp³-hybridized carbons (Fsp3) is 0.462. The maximum atomic E-state index is 5.37. The van der Waals surface area contributed by atoms with Crippen molar-refractivity contribution in [1.82, 2.24) is 10.2 Å². The van der Waals surface area contributed by atoms with Gasteiger partial charge in [0.25, 0.3) is 0 Å². The SMILES string of the molecule is COc1ccc(Br)cc1CN(C)C(=S)NC1CC1. The van der Waals surface area contributed by atoms with Gasteiger partial charge in [-0.15, -0.1) is 0 Å². The molecule has 0 heterocycles. The van der Waals surface area contributed by atoms with E-state index in [1.807, 2.05) is 24.1 Å². The molecule has 3 nitrogen and oxygen atoms in total. The Balaban J connectivity index is 2.02. The number of hydrogen-bond acceptors (Lipinski definition) is 2. The van der Waals surface area contributed by atoms with Crippen LogP contribution in [-0.2, 0) is 6.54 Å². The standard InChI is InChI=1S/C13H17BrN2OS/c1-16(13(18)15-11-4-5-11)8-9-7-10(14)3-6-12(9)17-2/h3,6-7,11H,4-5,8H2,1-2H3,(H,15,18). The summed E-state index contributed by atoms with van der Waals surface area (Å²) in [6.07, 6.45) is 2.46. The molecule has 5 heteroatoms. The zero-order valence-corrected chi connectivity index (χ0v) is 13.0. The van der Waals surface area contributed by atoms with E-state index < -0.39 is 0 Å². The lowest BCUT2D eigenvalue weighted by Crippen LogP contribution is -2.37. The molecule has 0 unspecified atom stereocenters. The predicted octanol–water partition coefficient (Wildman–Crippen LogP) is 2.93. The van der Waals surface area contributed by atoms with Crippen LogP contribution in [0.4, 0.5) is 0 Å². The molecule has 0 bridgehead atoms. The van der Waals surface area contributed by atoms with Gasteiger partial charge in [0.2, 0.25) is 0 Å². The molecule has 1 fully saturated rings. The summed E-state index contributed by atoms with van der Waals surface area (Å²) in [5.74, 6) is 0.888. The number of halogens is 1. The van der Waals surface area contributed by atoms with Gasteiger partial charge in [-0.25, -0.2) is 0 Å². The van der Waals surface area contributed by atoms with Gasteiger partial charge in [0.15, 0.2) is 5.11 Å². The summed E-state index contributed by atoms with van der Waals surface area (Å²) < 4.78 is 6.41. The quantitative estimate of drug-likeness (QED) is 0.859. The van der Waals surface area contributed by atoms with Crippen LogP contribution in [0.1, 0.15) is 18.4 Å². The van der Waals surface area contributed by atoms with Gasteiger partial charge in [-0.3, -0.25) is 0 Å². The van der Waals surface area contributed by atoms with Crippen molar-refractivity contribution in [1.29, 1.82) is 0 Å². The van der Waals surface area contributed by atoms with Gasteiger partial charge in [-0.2, -0.15) is 0 Å². The van der Waals surface area contributed by atoms with E-state index >= 15 is 0 Å². The van der Waals surface area contributed by atoms with Crippen molar-refractivity contribution in [2.75, 3.05) is 14.2 Å². The summed E-state index contributed by atoms with van der Waals surface area (Å²) in [5.41, 5.74) is 1.12. The largest absolute Gasteiger partial charge is 0.496 e. The van der Waals surface area contributed by atoms with Gasteiger partial charge in [0.1, 0.15) is 5.75 Å². The molecule has 1 aromatic carbocycles. The Morgan fingerprint density at radius 1 is 1.56 bits per heavy atom. The summed E-state index contributed by atoms with van der Waals surface area (Å²) in [5, 5.41) is 4.14. The third-order valence-corrected chi connectivity index (χ3v) is 3.82. The zero-order valence-electron chi connectivity index (χ0n) is 10.6. The van der Waals surface area contributed by atoms with Crippen molar-refractivity contribution < 1.29 is 4.74 Å². The monoisotopic (exact) mass is 328 g/mol. The number of nitrogens with one attached hydrogen (secondary N) is 1. The van der Waals surface area contributed by atoms with E-state index in [2.05, 4.69) is 27.3 Å². The maximum Gasteiger partial charge on any atom is 0.169 e. The molecule has 1 saturated carbocycles. The molecule has 1 aromatic rings. The van der Waals surface area contributed by atoms with Gasteiger partial charge in [-0.05, 0) is 43.3 Å². The number of methoxy groups -OCH3 is 1. The van der Waals surface area contributed by atoms with Crippen LogP contribution >= 0.6 is 28.1 Å². The summed E-state index contributed by atoms with van der Waals surface area (Å²) in [4.78, 5) is 2.04. The number of nitrogens with zero attached hydrogens (tertiary/aromatic N) is 1. The van der Waals surface area contributed by atoms with Crippen LogP contribution in [0.15, 0.2) is 22.7 Å². The summed E-state index contributed by atoms with van der Waals surface area (Å²) in [6.45, 7) is 0.737. The number of rotatable bonds is 4. The fourth-order valence-electron chi connectivity index (χ4n) is 1.71. The third-order valence-electron chi connectivity index (χ3n) is 2.90. The van der Waals surface area contributed by atoms with Crippen LogP contribution in [-0.4, -0.2) is 30.2 Å². The van der Waals surface area contributed by atoms with E-state index in [0.717, 1.165) is 27.4 Å². The fourth-order valence-corrected chi connectivity index (χ4v) is 2.35. The molecule has 1 aliphatic rings. The Kier molecular flexibility index (Phi) is 4.45. The summed E-state index contributed by atoms with van der Waals surface area (Å²) in [6, 6.07) is 6.59. The van der Waals surface area contributed by atoms with E-state index in [0.29, 0.717) is 6.04 Å². The molecular weight excluding hydrogens is 312 g/mol. The highest BCUT2D eigenvalue weighted by Crippen LogP contribution is 2.24.